The van der Waals surface area contributed by atoms with Crippen LogP contribution in [0.15, 0.2) is 30.6 Å². The average Bonchev–Trinajstić information content (AvgIpc) is 2.78. The summed E-state index contributed by atoms with van der Waals surface area (Å²) in [5.74, 6) is 0.00663. The van der Waals surface area contributed by atoms with Gasteiger partial charge in [0, 0.05) is 25.4 Å². The molecule has 1 aromatic heterocycles. The van der Waals surface area contributed by atoms with Crippen molar-refractivity contribution in [1.29, 1.82) is 0 Å². The lowest BCUT2D eigenvalue weighted by Crippen LogP contribution is -2.07. The van der Waals surface area contributed by atoms with Crippen molar-refractivity contribution in [1.82, 2.24) is 9.55 Å². The molecule has 0 saturated heterocycles. The number of aryl methyl sites for hydroxylation is 2. The quantitative estimate of drug-likeness (QED) is 0.899. The van der Waals surface area contributed by atoms with Crippen LogP contribution in [0.3, 0.4) is 0 Å². The van der Waals surface area contributed by atoms with Gasteiger partial charge >= 0.3 is 5.97 Å². The molecule has 0 radical (unpaired) electrons. The lowest BCUT2D eigenvalue weighted by Gasteiger charge is -2.08. The van der Waals surface area contributed by atoms with E-state index in [1.54, 1.807) is 12.3 Å². The van der Waals surface area contributed by atoms with Crippen LogP contribution in [0.25, 0.3) is 0 Å². The second kappa shape index (κ2) is 5.04. The Balaban J connectivity index is 2.37. The van der Waals surface area contributed by atoms with Gasteiger partial charge < -0.3 is 9.67 Å². The van der Waals surface area contributed by atoms with E-state index in [-0.39, 0.29) is 0 Å². The fraction of sp³-hybridized carbons (Fsp3) is 0.286. The number of carboxylic acid groups (broad SMARTS) is 1. The standard InChI is InChI=1S/C14H16N2O2/c1-3-16-7-6-15-13(16)9-11-5-4-10(2)8-12(11)14(17)18/h4-8H,3,9H2,1-2H3,(H,17,18). The highest BCUT2D eigenvalue weighted by molar-refractivity contribution is 5.89. The molecule has 0 aliphatic carbocycles. The minimum atomic E-state index is -0.886. The summed E-state index contributed by atoms with van der Waals surface area (Å²) in [5.41, 5.74) is 2.12. The van der Waals surface area contributed by atoms with Gasteiger partial charge in [-0.1, -0.05) is 17.7 Å². The Hall–Kier alpha value is -2.10. The van der Waals surface area contributed by atoms with Crippen LogP contribution in [0.2, 0.25) is 0 Å². The Labute approximate surface area is 106 Å². The second-order valence-electron chi connectivity index (χ2n) is 4.27. The zero-order valence-corrected chi connectivity index (χ0v) is 10.6. The monoisotopic (exact) mass is 244 g/mol. The van der Waals surface area contributed by atoms with E-state index in [2.05, 4.69) is 4.98 Å². The molecule has 0 amide bonds. The Morgan fingerprint density at radius 3 is 2.89 bits per heavy atom. The molecule has 2 aromatic rings. The van der Waals surface area contributed by atoms with Crippen molar-refractivity contribution in [3.8, 4) is 0 Å². The molecule has 0 aliphatic heterocycles. The molecule has 4 heteroatoms. The molecule has 1 N–H and O–H groups in total. The highest BCUT2D eigenvalue weighted by atomic mass is 16.4. The van der Waals surface area contributed by atoms with Gasteiger partial charge in [0.1, 0.15) is 5.82 Å². The Bertz CT molecular complexity index is 573. The zero-order valence-electron chi connectivity index (χ0n) is 10.6. The molecule has 0 unspecified atom stereocenters. The molecule has 1 aromatic carbocycles. The Morgan fingerprint density at radius 2 is 2.22 bits per heavy atom. The van der Waals surface area contributed by atoms with Gasteiger partial charge in [-0.3, -0.25) is 0 Å². The number of carboxylic acids is 1. The van der Waals surface area contributed by atoms with Crippen LogP contribution in [0.5, 0.6) is 0 Å². The third-order valence-electron chi connectivity index (χ3n) is 2.99. The fourth-order valence-corrected chi connectivity index (χ4v) is 2.01. The van der Waals surface area contributed by atoms with Crippen molar-refractivity contribution in [2.75, 3.05) is 0 Å². The van der Waals surface area contributed by atoms with Gasteiger partial charge in [-0.2, -0.15) is 0 Å². The highest BCUT2D eigenvalue weighted by Crippen LogP contribution is 2.16. The van der Waals surface area contributed by atoms with E-state index in [0.717, 1.165) is 23.5 Å². The Kier molecular flexibility index (Phi) is 3.46. The summed E-state index contributed by atoms with van der Waals surface area (Å²) in [6.45, 7) is 4.77. The highest BCUT2D eigenvalue weighted by Gasteiger charge is 2.12. The summed E-state index contributed by atoms with van der Waals surface area (Å²) < 4.78 is 2.02. The maximum Gasteiger partial charge on any atom is 0.335 e. The number of hydrogen-bond donors (Lipinski definition) is 1. The molecule has 0 spiro atoms. The van der Waals surface area contributed by atoms with Crippen molar-refractivity contribution in [2.24, 2.45) is 0 Å². The van der Waals surface area contributed by atoms with Gasteiger partial charge in [-0.25, -0.2) is 9.78 Å². The number of carbonyl (C=O) groups is 1. The van der Waals surface area contributed by atoms with Crippen LogP contribution in [-0.4, -0.2) is 20.6 Å². The lowest BCUT2D eigenvalue weighted by molar-refractivity contribution is 0.0695. The number of aromatic nitrogens is 2. The van der Waals surface area contributed by atoms with Crippen molar-refractivity contribution in [3.05, 3.63) is 53.1 Å². The fourth-order valence-electron chi connectivity index (χ4n) is 2.01. The van der Waals surface area contributed by atoms with Gasteiger partial charge in [-0.05, 0) is 25.5 Å². The molecule has 4 nitrogen and oxygen atoms in total. The largest absolute Gasteiger partial charge is 0.478 e. The predicted octanol–water partition coefficient (Wildman–Crippen LogP) is 2.50. The maximum atomic E-state index is 11.2. The second-order valence-corrected chi connectivity index (χ2v) is 4.27. The molecule has 0 aliphatic rings. The van der Waals surface area contributed by atoms with Crippen molar-refractivity contribution >= 4 is 5.97 Å². The summed E-state index contributed by atoms with van der Waals surface area (Å²) >= 11 is 0. The third-order valence-corrected chi connectivity index (χ3v) is 2.99. The summed E-state index contributed by atoms with van der Waals surface area (Å²) in [4.78, 5) is 15.5. The van der Waals surface area contributed by atoms with Crippen LogP contribution in [-0.2, 0) is 13.0 Å². The number of rotatable bonds is 4. The predicted molar refractivity (Wildman–Crippen MR) is 68.8 cm³/mol. The first kappa shape index (κ1) is 12.4. The van der Waals surface area contributed by atoms with Gasteiger partial charge in [0.05, 0.1) is 5.56 Å². The minimum Gasteiger partial charge on any atom is -0.478 e. The van der Waals surface area contributed by atoms with Crippen LogP contribution in [0.1, 0.15) is 34.2 Å². The van der Waals surface area contributed by atoms with Gasteiger partial charge in [-0.15, -0.1) is 0 Å². The van der Waals surface area contributed by atoms with Crippen LogP contribution >= 0.6 is 0 Å². The van der Waals surface area contributed by atoms with E-state index in [0.29, 0.717) is 12.0 Å². The van der Waals surface area contributed by atoms with E-state index in [1.807, 2.05) is 36.7 Å². The Morgan fingerprint density at radius 1 is 1.44 bits per heavy atom. The topological polar surface area (TPSA) is 55.1 Å². The molecule has 0 bridgehead atoms. The number of aromatic carboxylic acids is 1. The third kappa shape index (κ3) is 2.42. The van der Waals surface area contributed by atoms with Crippen molar-refractivity contribution in [2.45, 2.75) is 26.8 Å². The van der Waals surface area contributed by atoms with Crippen molar-refractivity contribution in [3.63, 3.8) is 0 Å². The first-order valence-corrected chi connectivity index (χ1v) is 5.94. The molecule has 2 rings (SSSR count). The maximum absolute atomic E-state index is 11.2. The first-order valence-electron chi connectivity index (χ1n) is 5.94. The summed E-state index contributed by atoms with van der Waals surface area (Å²) in [6.07, 6.45) is 4.19. The normalized spacial score (nSPS) is 10.6. The molecular formula is C14H16N2O2. The summed E-state index contributed by atoms with van der Waals surface area (Å²) in [7, 11) is 0. The lowest BCUT2D eigenvalue weighted by atomic mass is 10.0. The average molecular weight is 244 g/mol. The van der Waals surface area contributed by atoms with E-state index in [1.165, 1.54) is 0 Å². The van der Waals surface area contributed by atoms with Gasteiger partial charge in [0.15, 0.2) is 0 Å². The van der Waals surface area contributed by atoms with E-state index in [4.69, 9.17) is 0 Å². The van der Waals surface area contributed by atoms with Crippen LogP contribution in [0.4, 0.5) is 0 Å². The van der Waals surface area contributed by atoms with Crippen LogP contribution < -0.4 is 0 Å². The first-order chi connectivity index (χ1) is 8.61. The summed E-state index contributed by atoms with van der Waals surface area (Å²) in [5, 5.41) is 9.22. The molecule has 18 heavy (non-hydrogen) atoms. The molecule has 0 saturated carbocycles. The van der Waals surface area contributed by atoms with E-state index < -0.39 is 5.97 Å². The number of nitrogens with zero attached hydrogens (tertiary/aromatic N) is 2. The number of imidazole rings is 1. The van der Waals surface area contributed by atoms with E-state index in [9.17, 15) is 9.90 Å². The molecule has 94 valence electrons. The minimum absolute atomic E-state index is 0.362. The SMILES string of the molecule is CCn1ccnc1Cc1ccc(C)cc1C(=O)O. The molecule has 0 fully saturated rings. The van der Waals surface area contributed by atoms with Gasteiger partial charge in [0.2, 0.25) is 0 Å². The zero-order chi connectivity index (χ0) is 13.1. The number of hydrogen-bond acceptors (Lipinski definition) is 2. The smallest absolute Gasteiger partial charge is 0.335 e. The van der Waals surface area contributed by atoms with Crippen molar-refractivity contribution < 1.29 is 9.90 Å². The number of benzene rings is 1. The van der Waals surface area contributed by atoms with E-state index >= 15 is 0 Å². The molecule has 0 atom stereocenters. The van der Waals surface area contributed by atoms with Crippen LogP contribution in [0, 0.1) is 6.92 Å². The molecule has 1 heterocycles. The van der Waals surface area contributed by atoms with Gasteiger partial charge in [0.25, 0.3) is 0 Å². The summed E-state index contributed by atoms with van der Waals surface area (Å²) in [6, 6.07) is 5.51. The molecular weight excluding hydrogens is 228 g/mol.